The second-order valence-electron chi connectivity index (χ2n) is 5.39. The van der Waals surface area contributed by atoms with E-state index in [4.69, 9.17) is 4.74 Å². The van der Waals surface area contributed by atoms with E-state index in [0.717, 1.165) is 18.4 Å². The molecule has 0 saturated carbocycles. The normalized spacial score (nSPS) is 26.1. The van der Waals surface area contributed by atoms with Gasteiger partial charge in [-0.3, -0.25) is 0 Å². The van der Waals surface area contributed by atoms with Gasteiger partial charge in [-0.15, -0.1) is 0 Å². The van der Waals surface area contributed by atoms with Gasteiger partial charge in [-0.1, -0.05) is 30.3 Å². The molecule has 2 rings (SSSR count). The van der Waals surface area contributed by atoms with Gasteiger partial charge in [-0.05, 0) is 39.2 Å². The predicted octanol–water partition coefficient (Wildman–Crippen LogP) is 2.85. The number of hydrogen-bond acceptors (Lipinski definition) is 2. The van der Waals surface area contributed by atoms with Crippen molar-refractivity contribution in [2.75, 3.05) is 0 Å². The van der Waals surface area contributed by atoms with Crippen LogP contribution in [0.4, 0.5) is 0 Å². The van der Waals surface area contributed by atoms with Gasteiger partial charge in [0.25, 0.3) is 0 Å². The SMILES string of the molecule is CC1(C)O[C@@H]1CC[C@](C)(O)c1ccccc1. The van der Waals surface area contributed by atoms with E-state index in [0.29, 0.717) is 6.10 Å². The molecule has 2 heteroatoms. The summed E-state index contributed by atoms with van der Waals surface area (Å²) in [6.07, 6.45) is 1.96. The second kappa shape index (κ2) is 3.86. The van der Waals surface area contributed by atoms with Crippen molar-refractivity contribution in [3.63, 3.8) is 0 Å². The maximum Gasteiger partial charge on any atom is 0.0892 e. The van der Waals surface area contributed by atoms with E-state index in [9.17, 15) is 5.11 Å². The van der Waals surface area contributed by atoms with Gasteiger partial charge in [0.2, 0.25) is 0 Å². The molecule has 2 atom stereocenters. The lowest BCUT2D eigenvalue weighted by atomic mass is 9.89. The summed E-state index contributed by atoms with van der Waals surface area (Å²) in [7, 11) is 0. The fraction of sp³-hybridized carbons (Fsp3) is 0.571. The lowest BCUT2D eigenvalue weighted by Crippen LogP contribution is -2.22. The average molecular weight is 220 g/mol. The zero-order valence-electron chi connectivity index (χ0n) is 10.2. The van der Waals surface area contributed by atoms with Gasteiger partial charge in [-0.25, -0.2) is 0 Å². The fourth-order valence-electron chi connectivity index (χ4n) is 2.09. The molecule has 0 radical (unpaired) electrons. The second-order valence-corrected chi connectivity index (χ2v) is 5.39. The van der Waals surface area contributed by atoms with Crippen molar-refractivity contribution in [3.8, 4) is 0 Å². The number of ether oxygens (including phenoxy) is 1. The van der Waals surface area contributed by atoms with Crippen molar-refractivity contribution in [2.24, 2.45) is 0 Å². The van der Waals surface area contributed by atoms with Crippen molar-refractivity contribution >= 4 is 0 Å². The van der Waals surface area contributed by atoms with Gasteiger partial charge in [0, 0.05) is 0 Å². The molecule has 1 aromatic rings. The van der Waals surface area contributed by atoms with Crippen LogP contribution in [0.5, 0.6) is 0 Å². The van der Waals surface area contributed by atoms with Gasteiger partial charge >= 0.3 is 0 Å². The highest BCUT2D eigenvalue weighted by Gasteiger charge is 2.47. The van der Waals surface area contributed by atoms with Gasteiger partial charge in [-0.2, -0.15) is 0 Å². The third kappa shape index (κ3) is 2.45. The molecule has 0 spiro atoms. The zero-order valence-corrected chi connectivity index (χ0v) is 10.2. The molecular weight excluding hydrogens is 200 g/mol. The van der Waals surface area contributed by atoms with Gasteiger partial charge in [0.15, 0.2) is 0 Å². The van der Waals surface area contributed by atoms with Crippen molar-refractivity contribution in [2.45, 2.75) is 50.9 Å². The van der Waals surface area contributed by atoms with Crippen molar-refractivity contribution in [1.82, 2.24) is 0 Å². The Morgan fingerprint density at radius 2 is 1.88 bits per heavy atom. The molecule has 16 heavy (non-hydrogen) atoms. The maximum atomic E-state index is 10.4. The van der Waals surface area contributed by atoms with Crippen molar-refractivity contribution in [1.29, 1.82) is 0 Å². The average Bonchev–Trinajstić information content (AvgIpc) is 2.85. The molecular formula is C14H20O2. The first kappa shape index (κ1) is 11.6. The van der Waals surface area contributed by atoms with Crippen LogP contribution in [0.3, 0.4) is 0 Å². The van der Waals surface area contributed by atoms with Crippen LogP contribution in [0.2, 0.25) is 0 Å². The van der Waals surface area contributed by atoms with Crippen LogP contribution in [0.15, 0.2) is 30.3 Å². The summed E-state index contributed by atoms with van der Waals surface area (Å²) in [4.78, 5) is 0. The Morgan fingerprint density at radius 3 is 2.38 bits per heavy atom. The highest BCUT2D eigenvalue weighted by atomic mass is 16.6. The van der Waals surface area contributed by atoms with E-state index in [2.05, 4.69) is 13.8 Å². The zero-order chi connectivity index (χ0) is 11.8. The van der Waals surface area contributed by atoms with Crippen LogP contribution in [-0.2, 0) is 10.3 Å². The molecule has 0 aromatic heterocycles. The largest absolute Gasteiger partial charge is 0.385 e. The lowest BCUT2D eigenvalue weighted by Gasteiger charge is -2.23. The highest BCUT2D eigenvalue weighted by Crippen LogP contribution is 2.40. The van der Waals surface area contributed by atoms with E-state index in [1.54, 1.807) is 0 Å². The van der Waals surface area contributed by atoms with E-state index in [-0.39, 0.29) is 5.60 Å². The van der Waals surface area contributed by atoms with Crippen LogP contribution in [0.1, 0.15) is 39.2 Å². The molecule has 1 fully saturated rings. The van der Waals surface area contributed by atoms with E-state index in [1.165, 1.54) is 0 Å². The summed E-state index contributed by atoms with van der Waals surface area (Å²) in [6, 6.07) is 9.83. The maximum absolute atomic E-state index is 10.4. The minimum absolute atomic E-state index is 0.0206. The Hall–Kier alpha value is -0.860. The van der Waals surface area contributed by atoms with E-state index >= 15 is 0 Å². The Bertz CT molecular complexity index is 354. The summed E-state index contributed by atoms with van der Waals surface area (Å²) in [5.41, 5.74) is 0.254. The molecule has 0 aliphatic carbocycles. The van der Waals surface area contributed by atoms with Crippen LogP contribution in [0.25, 0.3) is 0 Å². The molecule has 1 heterocycles. The molecule has 2 nitrogen and oxygen atoms in total. The molecule has 88 valence electrons. The van der Waals surface area contributed by atoms with Crippen LogP contribution in [0, 0.1) is 0 Å². The van der Waals surface area contributed by atoms with Crippen molar-refractivity contribution in [3.05, 3.63) is 35.9 Å². The van der Waals surface area contributed by atoms with E-state index < -0.39 is 5.60 Å². The van der Waals surface area contributed by atoms with Crippen LogP contribution >= 0.6 is 0 Å². The summed E-state index contributed by atoms with van der Waals surface area (Å²) >= 11 is 0. The Kier molecular flexibility index (Phi) is 2.81. The first-order valence-corrected chi connectivity index (χ1v) is 5.87. The number of hydrogen-bond donors (Lipinski definition) is 1. The quantitative estimate of drug-likeness (QED) is 0.791. The molecule has 1 aliphatic heterocycles. The third-order valence-corrected chi connectivity index (χ3v) is 3.45. The Morgan fingerprint density at radius 1 is 1.31 bits per heavy atom. The van der Waals surface area contributed by atoms with Crippen LogP contribution in [-0.4, -0.2) is 16.8 Å². The summed E-state index contributed by atoms with van der Waals surface area (Å²) in [5, 5.41) is 10.4. The minimum atomic E-state index is -0.747. The topological polar surface area (TPSA) is 32.8 Å². The van der Waals surface area contributed by atoms with Gasteiger partial charge in [0.1, 0.15) is 0 Å². The van der Waals surface area contributed by atoms with Gasteiger partial charge in [0.05, 0.1) is 17.3 Å². The third-order valence-electron chi connectivity index (χ3n) is 3.45. The van der Waals surface area contributed by atoms with Crippen molar-refractivity contribution < 1.29 is 9.84 Å². The summed E-state index contributed by atoms with van der Waals surface area (Å²) < 4.78 is 5.52. The van der Waals surface area contributed by atoms with E-state index in [1.807, 2.05) is 37.3 Å². The summed E-state index contributed by atoms with van der Waals surface area (Å²) in [5.74, 6) is 0. The lowest BCUT2D eigenvalue weighted by molar-refractivity contribution is 0.0433. The smallest absolute Gasteiger partial charge is 0.0892 e. The molecule has 1 saturated heterocycles. The highest BCUT2D eigenvalue weighted by molar-refractivity contribution is 5.21. The Labute approximate surface area is 97.3 Å². The first-order chi connectivity index (χ1) is 7.42. The standard InChI is InChI=1S/C14H20O2/c1-13(2)12(16-13)9-10-14(3,15)11-7-5-4-6-8-11/h4-8,12,15H,9-10H2,1-3H3/t12-,14+/m1/s1. The number of aliphatic hydroxyl groups is 1. The Balaban J connectivity index is 1.93. The number of rotatable bonds is 4. The molecule has 1 N–H and O–H groups in total. The minimum Gasteiger partial charge on any atom is -0.385 e. The molecule has 0 bridgehead atoms. The number of benzene rings is 1. The molecule has 1 aromatic carbocycles. The van der Waals surface area contributed by atoms with Gasteiger partial charge < -0.3 is 9.84 Å². The van der Waals surface area contributed by atoms with Crippen LogP contribution < -0.4 is 0 Å². The first-order valence-electron chi connectivity index (χ1n) is 5.87. The number of epoxide rings is 1. The monoisotopic (exact) mass is 220 g/mol. The fourth-order valence-corrected chi connectivity index (χ4v) is 2.09. The molecule has 0 amide bonds. The summed E-state index contributed by atoms with van der Waals surface area (Å²) in [6.45, 7) is 6.06. The predicted molar refractivity (Wildman–Crippen MR) is 64.2 cm³/mol. The molecule has 0 unspecified atom stereocenters. The molecule has 1 aliphatic rings.